The van der Waals surface area contributed by atoms with Gasteiger partial charge in [0.25, 0.3) is 0 Å². The average molecular weight is 427 g/mol. The van der Waals surface area contributed by atoms with Crippen molar-refractivity contribution in [2.24, 2.45) is 0 Å². The van der Waals surface area contributed by atoms with Gasteiger partial charge in [0.15, 0.2) is 0 Å². The molecule has 0 spiro atoms. The zero-order valence-corrected chi connectivity index (χ0v) is 17.7. The Morgan fingerprint density at radius 1 is 1.23 bits per heavy atom. The molecule has 0 saturated carbocycles. The number of nitro groups is 1. The standard InChI is InChI=1S/C20H25N7O4/c1-20(2,3)31-19(28)26-11-13-4-5-14(26)10-25(13)17-7-6-15(27(29)30)18(24-17)23-16-8-9-21-12-22-16/h6-9,12-14H,4-5,10-11H2,1-3H3,(H,21,22,23,24)/t13-,14-/m0/s1. The van der Waals surface area contributed by atoms with E-state index in [1.54, 1.807) is 23.2 Å². The van der Waals surface area contributed by atoms with Gasteiger partial charge < -0.3 is 19.9 Å². The summed E-state index contributed by atoms with van der Waals surface area (Å²) in [6, 6.07) is 4.79. The van der Waals surface area contributed by atoms with E-state index in [9.17, 15) is 14.9 Å². The molecule has 2 bridgehead atoms. The normalized spacial score (nSPS) is 20.5. The second-order valence-corrected chi connectivity index (χ2v) is 8.68. The molecule has 0 aromatic carbocycles. The highest BCUT2D eigenvalue weighted by Gasteiger charge is 2.43. The molecular weight excluding hydrogens is 402 g/mol. The van der Waals surface area contributed by atoms with Crippen molar-refractivity contribution in [2.45, 2.75) is 51.3 Å². The molecule has 3 aliphatic rings. The lowest BCUT2D eigenvalue weighted by atomic mass is 9.91. The average Bonchev–Trinajstić information content (AvgIpc) is 2.73. The maximum atomic E-state index is 12.6. The van der Waals surface area contributed by atoms with Crippen LogP contribution in [-0.2, 0) is 4.74 Å². The zero-order chi connectivity index (χ0) is 22.2. The monoisotopic (exact) mass is 427 g/mol. The number of aromatic nitrogens is 3. The molecule has 2 aromatic heterocycles. The predicted octanol–water partition coefficient (Wildman–Crippen LogP) is 3.11. The van der Waals surface area contributed by atoms with Crippen molar-refractivity contribution in [1.82, 2.24) is 19.9 Å². The van der Waals surface area contributed by atoms with Crippen molar-refractivity contribution >= 4 is 29.2 Å². The van der Waals surface area contributed by atoms with Gasteiger partial charge in [-0.15, -0.1) is 0 Å². The van der Waals surface area contributed by atoms with Crippen molar-refractivity contribution in [3.8, 4) is 0 Å². The predicted molar refractivity (Wildman–Crippen MR) is 113 cm³/mol. The van der Waals surface area contributed by atoms with Crippen LogP contribution in [0.25, 0.3) is 0 Å². The third-order valence-electron chi connectivity index (χ3n) is 5.34. The zero-order valence-electron chi connectivity index (χ0n) is 17.7. The lowest BCUT2D eigenvalue weighted by Gasteiger charge is -2.51. The van der Waals surface area contributed by atoms with Gasteiger partial charge in [-0.3, -0.25) is 10.1 Å². The molecule has 5 rings (SSSR count). The van der Waals surface area contributed by atoms with Crippen LogP contribution >= 0.6 is 0 Å². The van der Waals surface area contributed by atoms with E-state index in [-0.39, 0.29) is 29.7 Å². The maximum absolute atomic E-state index is 12.6. The fraction of sp³-hybridized carbons (Fsp3) is 0.500. The number of nitrogens with zero attached hydrogens (tertiary/aromatic N) is 6. The van der Waals surface area contributed by atoms with Crippen LogP contribution in [0.4, 0.5) is 27.9 Å². The third-order valence-corrected chi connectivity index (χ3v) is 5.34. The van der Waals surface area contributed by atoms with Crippen LogP contribution in [0, 0.1) is 10.1 Å². The summed E-state index contributed by atoms with van der Waals surface area (Å²) >= 11 is 0. The molecule has 1 amide bonds. The Hall–Kier alpha value is -3.50. The highest BCUT2D eigenvalue weighted by Crippen LogP contribution is 2.35. The number of pyridine rings is 1. The molecule has 3 saturated heterocycles. The Bertz CT molecular complexity index is 979. The van der Waals surface area contributed by atoms with Gasteiger partial charge in [-0.2, -0.15) is 0 Å². The first kappa shape index (κ1) is 20.8. The van der Waals surface area contributed by atoms with Crippen LogP contribution in [-0.4, -0.2) is 61.6 Å². The summed E-state index contributed by atoms with van der Waals surface area (Å²) in [7, 11) is 0. The Balaban J connectivity index is 1.56. The van der Waals surface area contributed by atoms with Gasteiger partial charge in [0.05, 0.1) is 11.0 Å². The van der Waals surface area contributed by atoms with E-state index in [0.717, 1.165) is 12.8 Å². The highest BCUT2D eigenvalue weighted by atomic mass is 16.6. The fourth-order valence-electron chi connectivity index (χ4n) is 3.98. The number of anilines is 3. The van der Waals surface area contributed by atoms with Gasteiger partial charge in [0.2, 0.25) is 5.82 Å². The summed E-state index contributed by atoms with van der Waals surface area (Å²) in [6.07, 6.45) is 4.40. The number of fused-ring (bicyclic) bond motifs is 3. The van der Waals surface area contributed by atoms with Gasteiger partial charge in [-0.1, -0.05) is 0 Å². The van der Waals surface area contributed by atoms with Crippen LogP contribution in [0.1, 0.15) is 33.6 Å². The first-order valence-electron chi connectivity index (χ1n) is 10.2. The van der Waals surface area contributed by atoms with Gasteiger partial charge >= 0.3 is 11.8 Å². The number of ether oxygens (including phenoxy) is 1. The van der Waals surface area contributed by atoms with E-state index in [2.05, 4.69) is 25.2 Å². The second kappa shape index (κ2) is 7.97. The molecule has 3 aliphatic heterocycles. The molecule has 164 valence electrons. The van der Waals surface area contributed by atoms with E-state index in [4.69, 9.17) is 4.74 Å². The van der Waals surface area contributed by atoms with Crippen molar-refractivity contribution < 1.29 is 14.5 Å². The summed E-state index contributed by atoms with van der Waals surface area (Å²) < 4.78 is 5.55. The van der Waals surface area contributed by atoms with Crippen LogP contribution in [0.3, 0.4) is 0 Å². The topological polar surface area (TPSA) is 127 Å². The summed E-state index contributed by atoms with van der Waals surface area (Å²) in [4.78, 5) is 39.9. The molecule has 0 aliphatic carbocycles. The van der Waals surface area contributed by atoms with Gasteiger partial charge in [0, 0.05) is 31.4 Å². The van der Waals surface area contributed by atoms with Crippen molar-refractivity contribution in [3.63, 3.8) is 0 Å². The van der Waals surface area contributed by atoms with Crippen molar-refractivity contribution in [3.05, 3.63) is 40.8 Å². The maximum Gasteiger partial charge on any atom is 0.410 e. The van der Waals surface area contributed by atoms with Crippen LogP contribution in [0.2, 0.25) is 0 Å². The second-order valence-electron chi connectivity index (χ2n) is 8.68. The first-order chi connectivity index (χ1) is 14.7. The van der Waals surface area contributed by atoms with E-state index in [0.29, 0.717) is 24.7 Å². The van der Waals surface area contributed by atoms with E-state index < -0.39 is 10.5 Å². The number of rotatable bonds is 4. The summed E-state index contributed by atoms with van der Waals surface area (Å²) in [5, 5.41) is 14.4. The highest BCUT2D eigenvalue weighted by molar-refractivity contribution is 5.70. The molecular formula is C20H25N7O4. The molecule has 0 radical (unpaired) electrons. The third kappa shape index (κ3) is 4.49. The minimum absolute atomic E-state index is 0.00937. The molecule has 2 aromatic rings. The summed E-state index contributed by atoms with van der Waals surface area (Å²) in [6.45, 7) is 6.69. The molecule has 11 nitrogen and oxygen atoms in total. The number of amides is 1. The number of hydrogen-bond donors (Lipinski definition) is 1. The fourth-order valence-corrected chi connectivity index (χ4v) is 3.98. The van der Waals surface area contributed by atoms with E-state index >= 15 is 0 Å². The number of hydrogen-bond acceptors (Lipinski definition) is 9. The number of nitrogens with one attached hydrogen (secondary N) is 1. The minimum atomic E-state index is -0.547. The quantitative estimate of drug-likeness (QED) is 0.578. The van der Waals surface area contributed by atoms with Crippen LogP contribution in [0.5, 0.6) is 0 Å². The molecule has 0 unspecified atom stereocenters. The lowest BCUT2D eigenvalue weighted by Crippen LogP contribution is -2.64. The van der Waals surface area contributed by atoms with Crippen molar-refractivity contribution in [2.75, 3.05) is 23.3 Å². The van der Waals surface area contributed by atoms with E-state index in [1.165, 1.54) is 12.4 Å². The lowest BCUT2D eigenvalue weighted by molar-refractivity contribution is -0.384. The number of carbonyl (C=O) groups excluding carboxylic acids is 1. The number of piperidine rings is 2. The smallest absolute Gasteiger partial charge is 0.410 e. The molecule has 11 heteroatoms. The Labute approximate surface area is 179 Å². The minimum Gasteiger partial charge on any atom is -0.444 e. The van der Waals surface area contributed by atoms with Gasteiger partial charge in [0.1, 0.15) is 23.6 Å². The number of piperazine rings is 1. The van der Waals surface area contributed by atoms with Gasteiger partial charge in [-0.25, -0.2) is 19.7 Å². The van der Waals surface area contributed by atoms with Crippen LogP contribution in [0.15, 0.2) is 30.7 Å². The molecule has 1 N–H and O–H groups in total. The Morgan fingerprint density at radius 3 is 2.61 bits per heavy atom. The number of carbonyl (C=O) groups is 1. The SMILES string of the molecule is CC(C)(C)OC(=O)N1C[C@@H]2CC[C@H]1CN2c1ccc([N+](=O)[O-])c(Nc2ccncn2)n1. The summed E-state index contributed by atoms with van der Waals surface area (Å²) in [5.74, 6) is 1.16. The Kier molecular flexibility index (Phi) is 5.34. The Morgan fingerprint density at radius 2 is 2.00 bits per heavy atom. The van der Waals surface area contributed by atoms with Crippen LogP contribution < -0.4 is 10.2 Å². The largest absolute Gasteiger partial charge is 0.444 e. The molecule has 2 atom stereocenters. The van der Waals surface area contributed by atoms with E-state index in [1.807, 2.05) is 20.8 Å². The van der Waals surface area contributed by atoms with Gasteiger partial charge in [-0.05, 0) is 45.7 Å². The van der Waals surface area contributed by atoms with Crippen molar-refractivity contribution in [1.29, 1.82) is 0 Å². The first-order valence-corrected chi connectivity index (χ1v) is 10.2. The molecule has 5 heterocycles. The molecule has 3 fully saturated rings. The summed E-state index contributed by atoms with van der Waals surface area (Å²) in [5.41, 5.74) is -0.686. The molecule has 31 heavy (non-hydrogen) atoms.